The summed E-state index contributed by atoms with van der Waals surface area (Å²) >= 11 is 11.8. The first-order chi connectivity index (χ1) is 9.13. The van der Waals surface area contributed by atoms with E-state index < -0.39 is 0 Å². The van der Waals surface area contributed by atoms with Gasteiger partial charge in [0.1, 0.15) is 5.52 Å². The number of hydrogen-bond donors (Lipinski definition) is 1. The molecule has 0 bridgehead atoms. The zero-order valence-corrected chi connectivity index (χ0v) is 11.2. The Kier molecular flexibility index (Phi) is 3.00. The second kappa shape index (κ2) is 4.68. The summed E-state index contributed by atoms with van der Waals surface area (Å²) in [6.07, 6.45) is 1.67. The van der Waals surface area contributed by atoms with Crippen molar-refractivity contribution in [3.63, 3.8) is 0 Å². The molecule has 0 radical (unpaired) electrons. The first kappa shape index (κ1) is 12.2. The molecule has 0 atom stereocenters. The van der Waals surface area contributed by atoms with E-state index in [1.54, 1.807) is 6.33 Å². The van der Waals surface area contributed by atoms with Gasteiger partial charge in [0, 0.05) is 5.02 Å². The molecule has 0 fully saturated rings. The smallest absolute Gasteiger partial charge is 0.223 e. The van der Waals surface area contributed by atoms with Gasteiger partial charge in [-0.05, 0) is 17.7 Å². The summed E-state index contributed by atoms with van der Waals surface area (Å²) in [5.41, 5.74) is 7.85. The molecule has 7 heteroatoms. The average Bonchev–Trinajstić information content (AvgIpc) is 2.76. The Hall–Kier alpha value is -1.85. The van der Waals surface area contributed by atoms with Gasteiger partial charge in [-0.1, -0.05) is 35.3 Å². The van der Waals surface area contributed by atoms with Gasteiger partial charge >= 0.3 is 0 Å². The molecule has 3 rings (SSSR count). The van der Waals surface area contributed by atoms with E-state index in [0.717, 1.165) is 5.56 Å². The maximum Gasteiger partial charge on any atom is 0.223 e. The predicted molar refractivity (Wildman–Crippen MR) is 75.3 cm³/mol. The number of halogens is 2. The lowest BCUT2D eigenvalue weighted by Crippen LogP contribution is -2.02. The van der Waals surface area contributed by atoms with Crippen LogP contribution in [0.5, 0.6) is 0 Å². The van der Waals surface area contributed by atoms with E-state index in [9.17, 15) is 0 Å². The molecule has 5 nitrogen and oxygen atoms in total. The lowest BCUT2D eigenvalue weighted by Gasteiger charge is -2.04. The summed E-state index contributed by atoms with van der Waals surface area (Å²) in [5, 5.41) is 0.964. The quantitative estimate of drug-likeness (QED) is 0.738. The van der Waals surface area contributed by atoms with E-state index in [0.29, 0.717) is 22.7 Å². The molecular formula is C12H9Cl2N5. The highest BCUT2D eigenvalue weighted by molar-refractivity contribution is 6.33. The number of hydrogen-bond acceptors (Lipinski definition) is 4. The van der Waals surface area contributed by atoms with Gasteiger partial charge in [-0.3, -0.25) is 0 Å². The van der Waals surface area contributed by atoms with Gasteiger partial charge in [-0.25, -0.2) is 4.98 Å². The standard InChI is InChI=1S/C12H9Cl2N5/c13-8-3-1-7(2-4-8)5-19-6-16-9-10(14)17-12(15)18-11(9)19/h1-4,6H,5H2,(H2,15,17,18). The molecule has 96 valence electrons. The molecule has 3 aromatic rings. The summed E-state index contributed by atoms with van der Waals surface area (Å²) in [5.74, 6) is 0.135. The zero-order chi connectivity index (χ0) is 13.4. The molecule has 0 spiro atoms. The molecule has 0 saturated carbocycles. The van der Waals surface area contributed by atoms with E-state index in [2.05, 4.69) is 15.0 Å². The third-order valence-corrected chi connectivity index (χ3v) is 3.22. The van der Waals surface area contributed by atoms with Crippen molar-refractivity contribution >= 4 is 40.3 Å². The molecule has 0 aliphatic carbocycles. The van der Waals surface area contributed by atoms with Crippen LogP contribution in [-0.4, -0.2) is 19.5 Å². The molecule has 2 aromatic heterocycles. The van der Waals surface area contributed by atoms with Crippen LogP contribution in [0.15, 0.2) is 30.6 Å². The number of aromatic nitrogens is 4. The van der Waals surface area contributed by atoms with Gasteiger partial charge in [0.25, 0.3) is 0 Å². The Morgan fingerprint density at radius 2 is 1.84 bits per heavy atom. The van der Waals surface area contributed by atoms with Crippen molar-refractivity contribution in [2.75, 3.05) is 5.73 Å². The minimum Gasteiger partial charge on any atom is -0.368 e. The molecular weight excluding hydrogens is 285 g/mol. The molecule has 0 saturated heterocycles. The largest absolute Gasteiger partial charge is 0.368 e. The Balaban J connectivity index is 2.03. The number of fused-ring (bicyclic) bond motifs is 1. The number of nitrogen functional groups attached to an aromatic ring is 1. The Morgan fingerprint density at radius 1 is 1.11 bits per heavy atom. The van der Waals surface area contributed by atoms with Crippen molar-refractivity contribution in [3.05, 3.63) is 46.3 Å². The normalized spacial score (nSPS) is 11.1. The maximum absolute atomic E-state index is 5.98. The molecule has 0 aliphatic rings. The van der Waals surface area contributed by atoms with E-state index in [4.69, 9.17) is 28.9 Å². The van der Waals surface area contributed by atoms with Crippen molar-refractivity contribution in [1.82, 2.24) is 19.5 Å². The first-order valence-corrected chi connectivity index (χ1v) is 6.27. The first-order valence-electron chi connectivity index (χ1n) is 5.52. The SMILES string of the molecule is Nc1nc(Cl)c2ncn(Cc3ccc(Cl)cc3)c2n1. The fraction of sp³-hybridized carbons (Fsp3) is 0.0833. The molecule has 2 heterocycles. The zero-order valence-electron chi connectivity index (χ0n) is 9.72. The van der Waals surface area contributed by atoms with E-state index in [-0.39, 0.29) is 11.1 Å². The van der Waals surface area contributed by atoms with Crippen molar-refractivity contribution in [3.8, 4) is 0 Å². The van der Waals surface area contributed by atoms with Crippen LogP contribution in [0.25, 0.3) is 11.2 Å². The van der Waals surface area contributed by atoms with Crippen molar-refractivity contribution < 1.29 is 0 Å². The molecule has 0 aliphatic heterocycles. The van der Waals surface area contributed by atoms with Gasteiger partial charge < -0.3 is 10.3 Å². The number of benzene rings is 1. The van der Waals surface area contributed by atoms with Crippen LogP contribution < -0.4 is 5.73 Å². The third kappa shape index (κ3) is 2.34. The second-order valence-corrected chi connectivity index (χ2v) is 4.84. The lowest BCUT2D eigenvalue weighted by atomic mass is 10.2. The molecule has 0 amide bonds. The van der Waals surface area contributed by atoms with E-state index in [1.165, 1.54) is 0 Å². The number of imidazole rings is 1. The molecule has 19 heavy (non-hydrogen) atoms. The summed E-state index contributed by atoms with van der Waals surface area (Å²) in [4.78, 5) is 12.2. The topological polar surface area (TPSA) is 69.6 Å². The monoisotopic (exact) mass is 293 g/mol. The molecule has 2 N–H and O–H groups in total. The Bertz CT molecular complexity index is 736. The minimum absolute atomic E-state index is 0.135. The highest BCUT2D eigenvalue weighted by Crippen LogP contribution is 2.20. The van der Waals surface area contributed by atoms with Gasteiger partial charge in [-0.2, -0.15) is 9.97 Å². The number of anilines is 1. The maximum atomic E-state index is 5.98. The summed E-state index contributed by atoms with van der Waals surface area (Å²) in [6, 6.07) is 7.57. The van der Waals surface area contributed by atoms with Crippen LogP contribution in [0.1, 0.15) is 5.56 Å². The fourth-order valence-corrected chi connectivity index (χ4v) is 2.17. The number of nitrogens with zero attached hydrogens (tertiary/aromatic N) is 4. The Morgan fingerprint density at radius 3 is 2.58 bits per heavy atom. The van der Waals surface area contributed by atoms with Crippen molar-refractivity contribution in [2.24, 2.45) is 0 Å². The Labute approximate surface area is 119 Å². The van der Waals surface area contributed by atoms with Crippen LogP contribution in [0.3, 0.4) is 0 Å². The van der Waals surface area contributed by atoms with Crippen LogP contribution in [0.2, 0.25) is 10.2 Å². The highest BCUT2D eigenvalue weighted by Gasteiger charge is 2.10. The average molecular weight is 294 g/mol. The van der Waals surface area contributed by atoms with Crippen molar-refractivity contribution in [1.29, 1.82) is 0 Å². The van der Waals surface area contributed by atoms with Crippen LogP contribution in [0, 0.1) is 0 Å². The lowest BCUT2D eigenvalue weighted by molar-refractivity contribution is 0.814. The van der Waals surface area contributed by atoms with Crippen LogP contribution >= 0.6 is 23.2 Å². The van der Waals surface area contributed by atoms with Crippen molar-refractivity contribution in [2.45, 2.75) is 6.54 Å². The van der Waals surface area contributed by atoms with E-state index in [1.807, 2.05) is 28.8 Å². The fourth-order valence-electron chi connectivity index (χ4n) is 1.83. The summed E-state index contributed by atoms with van der Waals surface area (Å²) < 4.78 is 1.86. The van der Waals surface area contributed by atoms with Gasteiger partial charge in [0.05, 0.1) is 12.9 Å². The molecule has 1 aromatic carbocycles. The predicted octanol–water partition coefficient (Wildman–Crippen LogP) is 2.76. The second-order valence-electron chi connectivity index (χ2n) is 4.04. The van der Waals surface area contributed by atoms with Gasteiger partial charge in [0.15, 0.2) is 10.8 Å². The van der Waals surface area contributed by atoms with Crippen LogP contribution in [-0.2, 0) is 6.54 Å². The third-order valence-electron chi connectivity index (χ3n) is 2.70. The summed E-state index contributed by atoms with van der Waals surface area (Å²) in [6.45, 7) is 0.612. The summed E-state index contributed by atoms with van der Waals surface area (Å²) in [7, 11) is 0. The number of nitrogens with two attached hydrogens (primary N) is 1. The van der Waals surface area contributed by atoms with Gasteiger partial charge in [0.2, 0.25) is 5.95 Å². The van der Waals surface area contributed by atoms with Crippen LogP contribution in [0.4, 0.5) is 5.95 Å². The van der Waals surface area contributed by atoms with Gasteiger partial charge in [-0.15, -0.1) is 0 Å². The highest BCUT2D eigenvalue weighted by atomic mass is 35.5. The minimum atomic E-state index is 0.135. The molecule has 0 unspecified atom stereocenters. The number of rotatable bonds is 2. The van der Waals surface area contributed by atoms with E-state index >= 15 is 0 Å².